The highest BCUT2D eigenvalue weighted by Crippen LogP contribution is 2.15. The summed E-state index contributed by atoms with van der Waals surface area (Å²) in [6.45, 7) is 4.34. The third-order valence-electron chi connectivity index (χ3n) is 5.68. The van der Waals surface area contributed by atoms with E-state index >= 15 is 0 Å². The minimum Gasteiger partial charge on any atom is -0.351 e. The number of benzene rings is 2. The van der Waals surface area contributed by atoms with Crippen LogP contribution in [0.1, 0.15) is 29.5 Å². The first-order valence-corrected chi connectivity index (χ1v) is 11.3. The minimum absolute atomic E-state index is 0.0898. The summed E-state index contributed by atoms with van der Waals surface area (Å²) < 4.78 is 0. The monoisotopic (exact) mass is 451 g/mol. The van der Waals surface area contributed by atoms with Gasteiger partial charge in [-0.2, -0.15) is 0 Å². The van der Waals surface area contributed by atoms with Crippen molar-refractivity contribution >= 4 is 23.4 Å². The molecule has 3 amide bonds. The Morgan fingerprint density at radius 3 is 2.45 bits per heavy atom. The summed E-state index contributed by atoms with van der Waals surface area (Å²) in [5.41, 5.74) is 9.26. The van der Waals surface area contributed by atoms with Crippen LogP contribution >= 0.6 is 0 Å². The van der Waals surface area contributed by atoms with Crippen molar-refractivity contribution in [2.45, 2.75) is 51.2 Å². The zero-order valence-corrected chi connectivity index (χ0v) is 19.2. The fourth-order valence-corrected chi connectivity index (χ4v) is 4.11. The molecule has 176 valence electrons. The first-order chi connectivity index (χ1) is 15.8. The molecule has 3 atom stereocenters. The number of aryl methyl sites for hydroxylation is 3. The molecule has 1 heterocycles. The molecule has 1 aliphatic rings. The molecular formula is C25H33N5O3. The van der Waals surface area contributed by atoms with E-state index < -0.39 is 12.1 Å². The molecule has 3 unspecified atom stereocenters. The van der Waals surface area contributed by atoms with Crippen molar-refractivity contribution in [3.05, 3.63) is 65.2 Å². The van der Waals surface area contributed by atoms with Crippen LogP contribution in [0.2, 0.25) is 0 Å². The Hall–Kier alpha value is -3.23. The van der Waals surface area contributed by atoms with E-state index in [1.807, 2.05) is 62.4 Å². The maximum Gasteiger partial charge on any atom is 0.246 e. The van der Waals surface area contributed by atoms with Crippen molar-refractivity contribution in [1.82, 2.24) is 16.0 Å². The number of carbonyl (C=O) groups is 3. The zero-order valence-electron chi connectivity index (χ0n) is 19.2. The highest BCUT2D eigenvalue weighted by atomic mass is 16.2. The Kier molecular flexibility index (Phi) is 8.57. The molecule has 2 aromatic carbocycles. The highest BCUT2D eigenvalue weighted by Gasteiger charge is 2.32. The Morgan fingerprint density at radius 1 is 1.09 bits per heavy atom. The number of carbonyl (C=O) groups excluding carboxylic acids is 3. The molecule has 0 spiro atoms. The lowest BCUT2D eigenvalue weighted by Crippen LogP contribution is -2.50. The Balaban J connectivity index is 1.66. The van der Waals surface area contributed by atoms with Gasteiger partial charge in [0, 0.05) is 18.3 Å². The van der Waals surface area contributed by atoms with Crippen LogP contribution in [-0.4, -0.2) is 48.9 Å². The van der Waals surface area contributed by atoms with Gasteiger partial charge >= 0.3 is 0 Å². The van der Waals surface area contributed by atoms with Gasteiger partial charge in [-0.25, -0.2) is 0 Å². The van der Waals surface area contributed by atoms with Gasteiger partial charge in [0.25, 0.3) is 0 Å². The number of hydrogen-bond donors (Lipinski definition) is 5. The highest BCUT2D eigenvalue weighted by molar-refractivity contribution is 5.98. The second-order valence-corrected chi connectivity index (χ2v) is 8.62. The van der Waals surface area contributed by atoms with Crippen LogP contribution in [0.15, 0.2) is 48.5 Å². The van der Waals surface area contributed by atoms with Gasteiger partial charge in [-0.05, 0) is 61.9 Å². The van der Waals surface area contributed by atoms with Crippen molar-refractivity contribution in [1.29, 1.82) is 0 Å². The number of rotatable bonds is 9. The van der Waals surface area contributed by atoms with E-state index in [-0.39, 0.29) is 30.3 Å². The normalized spacial score (nSPS) is 18.4. The van der Waals surface area contributed by atoms with E-state index in [9.17, 15) is 14.4 Å². The zero-order chi connectivity index (χ0) is 23.8. The van der Waals surface area contributed by atoms with E-state index in [0.717, 1.165) is 16.7 Å². The van der Waals surface area contributed by atoms with Crippen LogP contribution < -0.4 is 27.0 Å². The van der Waals surface area contributed by atoms with Gasteiger partial charge in [-0.15, -0.1) is 0 Å². The summed E-state index contributed by atoms with van der Waals surface area (Å²) in [6, 6.07) is 14.4. The fourth-order valence-electron chi connectivity index (χ4n) is 4.11. The Morgan fingerprint density at radius 2 is 1.79 bits per heavy atom. The predicted octanol–water partition coefficient (Wildman–Crippen LogP) is 1.16. The van der Waals surface area contributed by atoms with Gasteiger partial charge in [0.1, 0.15) is 6.04 Å². The van der Waals surface area contributed by atoms with E-state index in [2.05, 4.69) is 21.3 Å². The van der Waals surface area contributed by atoms with Crippen LogP contribution in [0.4, 0.5) is 5.69 Å². The molecule has 1 aliphatic heterocycles. The van der Waals surface area contributed by atoms with Gasteiger partial charge < -0.3 is 27.0 Å². The molecule has 3 rings (SSSR count). The Labute approximate surface area is 194 Å². The summed E-state index contributed by atoms with van der Waals surface area (Å²) >= 11 is 0. The average molecular weight is 452 g/mol. The lowest BCUT2D eigenvalue weighted by molar-refractivity contribution is -0.127. The second kappa shape index (κ2) is 11.6. The van der Waals surface area contributed by atoms with Gasteiger partial charge in [0.15, 0.2) is 0 Å². The molecular weight excluding hydrogens is 418 g/mol. The molecule has 6 N–H and O–H groups in total. The van der Waals surface area contributed by atoms with Crippen LogP contribution in [0.25, 0.3) is 0 Å². The van der Waals surface area contributed by atoms with Crippen LogP contribution in [0.3, 0.4) is 0 Å². The molecule has 0 saturated carbocycles. The van der Waals surface area contributed by atoms with Crippen LogP contribution in [0.5, 0.6) is 0 Å². The van der Waals surface area contributed by atoms with E-state index in [4.69, 9.17) is 5.73 Å². The number of nitrogens with two attached hydrogens (primary N) is 1. The molecule has 0 aliphatic carbocycles. The molecule has 2 aromatic rings. The van der Waals surface area contributed by atoms with Crippen molar-refractivity contribution in [2.75, 3.05) is 18.4 Å². The molecule has 1 fully saturated rings. The fraction of sp³-hybridized carbons (Fsp3) is 0.400. The SMILES string of the molecule is Cc1cc(C)cc(NC(=O)C(CCc2ccccc2)NC(=O)C2CC(NC(=O)CN)CN2)c1. The van der Waals surface area contributed by atoms with Gasteiger partial charge in [-0.3, -0.25) is 14.4 Å². The smallest absolute Gasteiger partial charge is 0.246 e. The first-order valence-electron chi connectivity index (χ1n) is 11.3. The maximum absolute atomic E-state index is 13.1. The summed E-state index contributed by atoms with van der Waals surface area (Å²) in [6.07, 6.45) is 1.56. The molecule has 0 aromatic heterocycles. The Bertz CT molecular complexity index is 959. The average Bonchev–Trinajstić information content (AvgIpc) is 3.24. The van der Waals surface area contributed by atoms with E-state index in [1.165, 1.54) is 0 Å². The number of anilines is 1. The summed E-state index contributed by atoms with van der Waals surface area (Å²) in [7, 11) is 0. The molecule has 33 heavy (non-hydrogen) atoms. The third-order valence-corrected chi connectivity index (χ3v) is 5.68. The molecule has 0 bridgehead atoms. The second-order valence-electron chi connectivity index (χ2n) is 8.62. The van der Waals surface area contributed by atoms with Crippen molar-refractivity contribution in [3.63, 3.8) is 0 Å². The lowest BCUT2D eigenvalue weighted by Gasteiger charge is -2.21. The van der Waals surface area contributed by atoms with E-state index in [1.54, 1.807) is 0 Å². The van der Waals surface area contributed by atoms with Crippen LogP contribution in [-0.2, 0) is 20.8 Å². The van der Waals surface area contributed by atoms with Gasteiger partial charge in [-0.1, -0.05) is 36.4 Å². The largest absolute Gasteiger partial charge is 0.351 e. The van der Waals surface area contributed by atoms with Crippen molar-refractivity contribution in [2.24, 2.45) is 5.73 Å². The minimum atomic E-state index is -0.696. The lowest BCUT2D eigenvalue weighted by atomic mass is 10.0. The topological polar surface area (TPSA) is 125 Å². The van der Waals surface area contributed by atoms with E-state index in [0.29, 0.717) is 31.5 Å². The number of hydrogen-bond acceptors (Lipinski definition) is 5. The standard InChI is InChI=1S/C25H33N5O3/c1-16-10-17(2)12-19(11-16)29-24(32)21(9-8-18-6-4-3-5-7-18)30-25(33)22-13-20(15-27-22)28-23(31)14-26/h3-7,10-12,20-22,27H,8-9,13-15,26H2,1-2H3,(H,28,31)(H,29,32)(H,30,33). The molecule has 0 radical (unpaired) electrons. The first kappa shape index (κ1) is 24.4. The van der Waals surface area contributed by atoms with Crippen molar-refractivity contribution in [3.8, 4) is 0 Å². The molecule has 8 nitrogen and oxygen atoms in total. The summed E-state index contributed by atoms with van der Waals surface area (Å²) in [5.74, 6) is -0.764. The summed E-state index contributed by atoms with van der Waals surface area (Å²) in [4.78, 5) is 37.6. The molecule has 8 heteroatoms. The maximum atomic E-state index is 13.1. The summed E-state index contributed by atoms with van der Waals surface area (Å²) in [5, 5.41) is 11.8. The third kappa shape index (κ3) is 7.40. The predicted molar refractivity (Wildman–Crippen MR) is 129 cm³/mol. The van der Waals surface area contributed by atoms with Crippen molar-refractivity contribution < 1.29 is 14.4 Å². The number of nitrogens with one attached hydrogen (secondary N) is 4. The molecule has 1 saturated heterocycles. The van der Waals surface area contributed by atoms with Gasteiger partial charge in [0.05, 0.1) is 12.6 Å². The number of amides is 3. The van der Waals surface area contributed by atoms with Gasteiger partial charge in [0.2, 0.25) is 17.7 Å². The van der Waals surface area contributed by atoms with Crippen LogP contribution in [0, 0.1) is 13.8 Å². The quantitative estimate of drug-likeness (QED) is 0.391.